The number of pyridine rings is 1. The van der Waals surface area contributed by atoms with E-state index in [0.717, 1.165) is 12.1 Å². The Kier molecular flexibility index (Phi) is 9.95. The van der Waals surface area contributed by atoms with Crippen LogP contribution >= 0.6 is 0 Å². The molecule has 3 aromatic carbocycles. The van der Waals surface area contributed by atoms with Gasteiger partial charge in [0, 0.05) is 30.2 Å². The van der Waals surface area contributed by atoms with Crippen LogP contribution in [0.3, 0.4) is 0 Å². The van der Waals surface area contributed by atoms with Gasteiger partial charge in [-0.3, -0.25) is 0 Å². The van der Waals surface area contributed by atoms with Gasteiger partial charge in [0.15, 0.2) is 5.82 Å². The molecule has 0 unspecified atom stereocenters. The van der Waals surface area contributed by atoms with Gasteiger partial charge in [-0.25, -0.2) is 27.9 Å². The molecule has 0 aliphatic heterocycles. The molecule has 0 amide bonds. The van der Waals surface area contributed by atoms with E-state index < -0.39 is 29.5 Å². The molecule has 9 nitrogen and oxygen atoms in total. The third kappa shape index (κ3) is 7.17. The molecular formula is C34H29F3N4O5. The Hall–Kier alpha value is -5.25. The predicted molar refractivity (Wildman–Crippen MR) is 161 cm³/mol. The van der Waals surface area contributed by atoms with Gasteiger partial charge in [-0.15, -0.1) is 0 Å². The SMILES string of the molecule is CCOC(=O)c1cc(F)c2nc(Cc3ccc(-c4cccc(OCc5ccc(C#N)cc5F)n4)cc3F)n(C[C@@H](O)CCO)c2c1. The average molecular weight is 631 g/mol. The highest BCUT2D eigenvalue weighted by Gasteiger charge is 2.21. The summed E-state index contributed by atoms with van der Waals surface area (Å²) in [5, 5.41) is 28.7. The van der Waals surface area contributed by atoms with Crippen molar-refractivity contribution in [3.8, 4) is 23.2 Å². The lowest BCUT2D eigenvalue weighted by Crippen LogP contribution is -2.19. The number of nitrogens with zero attached hydrogens (tertiary/aromatic N) is 4. The molecule has 0 aliphatic rings. The van der Waals surface area contributed by atoms with Gasteiger partial charge in [0.25, 0.3) is 0 Å². The summed E-state index contributed by atoms with van der Waals surface area (Å²) < 4.78 is 57.0. The van der Waals surface area contributed by atoms with Crippen molar-refractivity contribution in [2.75, 3.05) is 13.2 Å². The fraction of sp³-hybridized carbons (Fsp3) is 0.235. The van der Waals surface area contributed by atoms with Crippen molar-refractivity contribution < 1.29 is 37.7 Å². The number of halogens is 3. The summed E-state index contributed by atoms with van der Waals surface area (Å²) in [6.45, 7) is 1.23. The number of aromatic nitrogens is 3. The molecule has 0 radical (unpaired) electrons. The van der Waals surface area contributed by atoms with Crippen LogP contribution in [0.4, 0.5) is 13.2 Å². The van der Waals surface area contributed by atoms with Gasteiger partial charge in [0.2, 0.25) is 5.88 Å². The predicted octanol–water partition coefficient (Wildman–Crippen LogP) is 5.48. The Morgan fingerprint density at radius 2 is 1.78 bits per heavy atom. The maximum absolute atomic E-state index is 15.5. The number of hydrogen-bond donors (Lipinski definition) is 2. The minimum Gasteiger partial charge on any atom is -0.473 e. The molecule has 236 valence electrons. The molecule has 1 atom stereocenters. The quantitative estimate of drug-likeness (QED) is 0.174. The zero-order chi connectivity index (χ0) is 32.8. The molecule has 0 aliphatic carbocycles. The van der Waals surface area contributed by atoms with Crippen molar-refractivity contribution in [1.29, 1.82) is 5.26 Å². The first-order valence-corrected chi connectivity index (χ1v) is 14.4. The zero-order valence-electron chi connectivity index (χ0n) is 24.7. The molecule has 2 N–H and O–H groups in total. The first kappa shape index (κ1) is 32.2. The molecule has 2 heterocycles. The number of rotatable bonds is 12. The number of benzene rings is 3. The first-order chi connectivity index (χ1) is 22.2. The minimum atomic E-state index is -1.02. The van der Waals surface area contributed by atoms with Crippen molar-refractivity contribution in [3.05, 3.63) is 112 Å². The van der Waals surface area contributed by atoms with Crippen LogP contribution in [0.25, 0.3) is 22.3 Å². The van der Waals surface area contributed by atoms with Crippen LogP contribution in [-0.2, 0) is 24.3 Å². The highest BCUT2D eigenvalue weighted by molar-refractivity contribution is 5.94. The van der Waals surface area contributed by atoms with Crippen molar-refractivity contribution in [2.45, 2.75) is 39.0 Å². The lowest BCUT2D eigenvalue weighted by atomic mass is 10.1. The Labute approximate surface area is 262 Å². The van der Waals surface area contributed by atoms with Crippen LogP contribution in [0, 0.1) is 28.8 Å². The summed E-state index contributed by atoms with van der Waals surface area (Å²) in [5.41, 5.74) is 1.63. The number of aliphatic hydroxyl groups is 2. The van der Waals surface area contributed by atoms with Crippen LogP contribution in [0.1, 0.15) is 46.2 Å². The largest absolute Gasteiger partial charge is 0.473 e. The number of nitriles is 1. The van der Waals surface area contributed by atoms with Crippen molar-refractivity contribution in [3.63, 3.8) is 0 Å². The summed E-state index contributed by atoms with van der Waals surface area (Å²) in [7, 11) is 0. The fourth-order valence-electron chi connectivity index (χ4n) is 4.91. The highest BCUT2D eigenvalue weighted by Crippen LogP contribution is 2.27. The monoisotopic (exact) mass is 630 g/mol. The van der Waals surface area contributed by atoms with E-state index in [2.05, 4.69) is 9.97 Å². The number of carbonyl (C=O) groups is 1. The van der Waals surface area contributed by atoms with E-state index in [4.69, 9.17) is 14.7 Å². The lowest BCUT2D eigenvalue weighted by molar-refractivity contribution is 0.0526. The van der Waals surface area contributed by atoms with Gasteiger partial charge in [0.1, 0.15) is 29.6 Å². The fourth-order valence-corrected chi connectivity index (χ4v) is 4.91. The standard InChI is InChI=1S/C34H29F3N4O5/c1-2-45-34(44)24-14-28(37)33-30(15-24)41(18-25(43)10-11-42)31(40-33)16-21-8-9-22(13-27(21)36)29-4-3-5-32(39-29)46-19-23-7-6-20(17-38)12-26(23)35/h3-9,12-15,25,42-43H,2,10-11,16,18-19H2,1H3/t25-/m0/s1. The van der Waals surface area contributed by atoms with E-state index >= 15 is 8.78 Å². The molecule has 0 saturated carbocycles. The molecule has 0 bridgehead atoms. The average Bonchev–Trinajstić information content (AvgIpc) is 3.38. The van der Waals surface area contributed by atoms with Crippen LogP contribution < -0.4 is 4.74 Å². The van der Waals surface area contributed by atoms with E-state index in [1.807, 2.05) is 6.07 Å². The molecule has 0 saturated heterocycles. The van der Waals surface area contributed by atoms with Crippen molar-refractivity contribution in [1.82, 2.24) is 14.5 Å². The minimum absolute atomic E-state index is 0.0347. The smallest absolute Gasteiger partial charge is 0.338 e. The van der Waals surface area contributed by atoms with Gasteiger partial charge in [-0.1, -0.05) is 24.3 Å². The Bertz CT molecular complexity index is 1940. The molecule has 0 fully saturated rings. The third-order valence-corrected chi connectivity index (χ3v) is 7.23. The number of hydrogen-bond acceptors (Lipinski definition) is 8. The summed E-state index contributed by atoms with van der Waals surface area (Å²) in [6.07, 6.45) is -1.05. The summed E-state index contributed by atoms with van der Waals surface area (Å²) in [5.74, 6) is -2.24. The topological polar surface area (TPSA) is 130 Å². The first-order valence-electron chi connectivity index (χ1n) is 14.4. The third-order valence-electron chi connectivity index (χ3n) is 7.23. The van der Waals surface area contributed by atoms with Crippen LogP contribution in [-0.4, -0.2) is 50.0 Å². The summed E-state index contributed by atoms with van der Waals surface area (Å²) >= 11 is 0. The van der Waals surface area contributed by atoms with Crippen LogP contribution in [0.15, 0.2) is 66.7 Å². The van der Waals surface area contributed by atoms with Gasteiger partial charge < -0.3 is 24.3 Å². The molecule has 0 spiro atoms. The molecule has 12 heteroatoms. The second-order valence-corrected chi connectivity index (χ2v) is 10.4. The Balaban J connectivity index is 1.41. The second kappa shape index (κ2) is 14.2. The van der Waals surface area contributed by atoms with Gasteiger partial charge >= 0.3 is 5.97 Å². The van der Waals surface area contributed by atoms with Gasteiger partial charge in [0.05, 0.1) is 47.7 Å². The normalized spacial score (nSPS) is 11.8. The number of esters is 1. The number of fused-ring (bicyclic) bond motifs is 1. The van der Waals surface area contributed by atoms with Gasteiger partial charge in [-0.2, -0.15) is 5.26 Å². The van der Waals surface area contributed by atoms with Crippen molar-refractivity contribution >= 4 is 17.0 Å². The summed E-state index contributed by atoms with van der Waals surface area (Å²) in [4.78, 5) is 21.1. The number of ether oxygens (including phenoxy) is 2. The van der Waals surface area contributed by atoms with E-state index in [9.17, 15) is 19.4 Å². The molecule has 5 aromatic rings. The molecular weight excluding hydrogens is 601 g/mol. The van der Waals surface area contributed by atoms with Crippen LogP contribution in [0.2, 0.25) is 0 Å². The molecule has 46 heavy (non-hydrogen) atoms. The maximum atomic E-state index is 15.5. The van der Waals surface area contributed by atoms with E-state index in [1.54, 1.807) is 37.3 Å². The summed E-state index contributed by atoms with van der Waals surface area (Å²) in [6, 6.07) is 17.8. The maximum Gasteiger partial charge on any atom is 0.338 e. The van der Waals surface area contributed by atoms with E-state index in [-0.39, 0.29) is 84.2 Å². The van der Waals surface area contributed by atoms with Crippen molar-refractivity contribution in [2.24, 2.45) is 0 Å². The van der Waals surface area contributed by atoms with Gasteiger partial charge in [-0.05, 0) is 55.3 Å². The van der Waals surface area contributed by atoms with Crippen LogP contribution in [0.5, 0.6) is 5.88 Å². The lowest BCUT2D eigenvalue weighted by Gasteiger charge is -2.15. The Morgan fingerprint density at radius 3 is 2.50 bits per heavy atom. The van der Waals surface area contributed by atoms with E-state index in [1.165, 1.54) is 28.8 Å². The number of carbonyl (C=O) groups excluding carboxylic acids is 1. The van der Waals surface area contributed by atoms with E-state index in [0.29, 0.717) is 11.3 Å². The highest BCUT2D eigenvalue weighted by atomic mass is 19.1. The Morgan fingerprint density at radius 1 is 1.00 bits per heavy atom. The zero-order valence-corrected chi connectivity index (χ0v) is 24.7. The number of imidazole rings is 1. The number of aliphatic hydroxyl groups excluding tert-OH is 2. The second-order valence-electron chi connectivity index (χ2n) is 10.4. The molecule has 2 aromatic heterocycles. The molecule has 5 rings (SSSR count).